The zero-order valence-corrected chi connectivity index (χ0v) is 15.9. The molecule has 146 valence electrons. The van der Waals surface area contributed by atoms with Gasteiger partial charge in [-0.1, -0.05) is 16.8 Å². The Kier molecular flexibility index (Phi) is 4.82. The van der Waals surface area contributed by atoms with Gasteiger partial charge in [-0.3, -0.25) is 9.63 Å². The number of nitrogens with zero attached hydrogens (tertiary/aromatic N) is 1. The number of nitrogens with two attached hydrogens (primary N) is 1. The Labute approximate surface area is 159 Å². The van der Waals surface area contributed by atoms with Crippen LogP contribution >= 0.6 is 0 Å². The fraction of sp³-hybridized carbons (Fsp3) is 0.667. The van der Waals surface area contributed by atoms with Gasteiger partial charge in [0.2, 0.25) is 0 Å². The lowest BCUT2D eigenvalue weighted by Crippen LogP contribution is -2.46. The van der Waals surface area contributed by atoms with Crippen LogP contribution in [0.1, 0.15) is 64.7 Å². The number of hydrogen-bond donors (Lipinski definition) is 1. The van der Waals surface area contributed by atoms with Gasteiger partial charge < -0.3 is 10.5 Å². The number of fused-ring (bicyclic) bond motifs is 4. The molecule has 0 spiro atoms. The molecule has 0 aliphatic heterocycles. The molecule has 0 bridgehead atoms. The molecule has 6 heteroatoms. The van der Waals surface area contributed by atoms with Gasteiger partial charge in [0.05, 0.1) is 6.21 Å². The predicted octanol–water partition coefficient (Wildman–Crippen LogP) is 4.01. The summed E-state index contributed by atoms with van der Waals surface area (Å²) in [5.41, 5.74) is 9.49. The second-order valence-electron chi connectivity index (χ2n) is 8.31. The first-order valence-corrected chi connectivity index (χ1v) is 10.1. The molecule has 2 saturated carbocycles. The van der Waals surface area contributed by atoms with E-state index in [9.17, 15) is 9.59 Å². The Morgan fingerprint density at radius 1 is 1.26 bits per heavy atom. The van der Waals surface area contributed by atoms with E-state index in [2.05, 4.69) is 16.1 Å². The van der Waals surface area contributed by atoms with Crippen molar-refractivity contribution in [3.8, 4) is 0 Å². The second kappa shape index (κ2) is 7.13. The van der Waals surface area contributed by atoms with Crippen molar-refractivity contribution in [3.05, 3.63) is 22.8 Å². The summed E-state index contributed by atoms with van der Waals surface area (Å²) in [6, 6.07) is 0. The van der Waals surface area contributed by atoms with Crippen molar-refractivity contribution in [2.24, 2.45) is 28.1 Å². The highest BCUT2D eigenvalue weighted by molar-refractivity contribution is 5.73. The van der Waals surface area contributed by atoms with Crippen LogP contribution < -0.4 is 5.73 Å². The maximum atomic E-state index is 11.7. The number of carbonyl (C=O) groups is 2. The van der Waals surface area contributed by atoms with E-state index < -0.39 is 6.09 Å². The van der Waals surface area contributed by atoms with E-state index in [-0.39, 0.29) is 17.5 Å². The van der Waals surface area contributed by atoms with Crippen molar-refractivity contribution in [3.63, 3.8) is 0 Å². The Balaban J connectivity index is 1.68. The van der Waals surface area contributed by atoms with Crippen LogP contribution in [0.5, 0.6) is 0 Å². The summed E-state index contributed by atoms with van der Waals surface area (Å²) in [7, 11) is 0. The average Bonchev–Trinajstić information content (AvgIpc) is 2.99. The van der Waals surface area contributed by atoms with Crippen LogP contribution in [-0.2, 0) is 14.4 Å². The van der Waals surface area contributed by atoms with Gasteiger partial charge in [0.1, 0.15) is 6.10 Å². The van der Waals surface area contributed by atoms with Gasteiger partial charge in [-0.15, -0.1) is 0 Å². The monoisotopic (exact) mass is 372 g/mol. The fourth-order valence-electron chi connectivity index (χ4n) is 6.12. The van der Waals surface area contributed by atoms with Gasteiger partial charge in [-0.25, -0.2) is 4.79 Å². The summed E-state index contributed by atoms with van der Waals surface area (Å²) in [5.74, 6) is 0.598. The summed E-state index contributed by atoms with van der Waals surface area (Å²) >= 11 is 0. The molecular formula is C21H28N2O4. The highest BCUT2D eigenvalue weighted by Crippen LogP contribution is 2.60. The Bertz CT molecular complexity index is 738. The minimum absolute atomic E-state index is 0.213. The van der Waals surface area contributed by atoms with Crippen molar-refractivity contribution in [2.75, 3.05) is 0 Å². The third-order valence-electron chi connectivity index (χ3n) is 7.06. The molecular weight excluding hydrogens is 344 g/mol. The molecule has 0 aromatic rings. The van der Waals surface area contributed by atoms with Crippen LogP contribution in [0.25, 0.3) is 0 Å². The second-order valence-corrected chi connectivity index (χ2v) is 8.31. The predicted molar refractivity (Wildman–Crippen MR) is 101 cm³/mol. The molecule has 2 fully saturated rings. The number of oxime groups is 1. The largest absolute Gasteiger partial charge is 0.462 e. The Morgan fingerprint density at radius 3 is 2.89 bits per heavy atom. The third kappa shape index (κ3) is 3.19. The van der Waals surface area contributed by atoms with Gasteiger partial charge in [-0.05, 0) is 80.8 Å². The molecule has 27 heavy (non-hydrogen) atoms. The average molecular weight is 372 g/mol. The number of esters is 1. The fourth-order valence-corrected chi connectivity index (χ4v) is 6.12. The van der Waals surface area contributed by atoms with Gasteiger partial charge in [0, 0.05) is 12.3 Å². The van der Waals surface area contributed by atoms with E-state index in [0.717, 1.165) is 38.5 Å². The summed E-state index contributed by atoms with van der Waals surface area (Å²) in [6.45, 7) is 1.45. The lowest BCUT2D eigenvalue weighted by Gasteiger charge is -2.48. The molecule has 4 rings (SSSR count). The van der Waals surface area contributed by atoms with Crippen molar-refractivity contribution < 1.29 is 19.2 Å². The van der Waals surface area contributed by atoms with Crippen LogP contribution in [0.4, 0.5) is 4.79 Å². The van der Waals surface area contributed by atoms with E-state index in [1.54, 1.807) is 22.9 Å². The first-order valence-electron chi connectivity index (χ1n) is 10.1. The lowest BCUT2D eigenvalue weighted by molar-refractivity contribution is -0.151. The van der Waals surface area contributed by atoms with E-state index in [1.807, 2.05) is 0 Å². The molecule has 4 aliphatic rings. The van der Waals surface area contributed by atoms with Crippen molar-refractivity contribution in [1.29, 1.82) is 0 Å². The van der Waals surface area contributed by atoms with E-state index in [1.165, 1.54) is 26.2 Å². The molecule has 1 amide bonds. The van der Waals surface area contributed by atoms with Crippen LogP contribution in [0.15, 0.2) is 28.0 Å². The summed E-state index contributed by atoms with van der Waals surface area (Å²) in [4.78, 5) is 27.3. The van der Waals surface area contributed by atoms with E-state index in [0.29, 0.717) is 11.8 Å². The van der Waals surface area contributed by atoms with Crippen LogP contribution in [0.3, 0.4) is 0 Å². The highest BCUT2D eigenvalue weighted by Gasteiger charge is 2.57. The summed E-state index contributed by atoms with van der Waals surface area (Å²) in [6.07, 6.45) is 12.6. The number of allylic oxidation sites excluding steroid dienone is 4. The number of amides is 1. The summed E-state index contributed by atoms with van der Waals surface area (Å²) in [5, 5.41) is 3.89. The number of rotatable bonds is 3. The SMILES string of the molecule is CC(=O)O[C@H]1CC[C@H]2[C@@H]3CCC4=CCCCC4=C3CC[C@]12C=NOC(N)=O. The number of primary amides is 1. The first kappa shape index (κ1) is 18.3. The first-order chi connectivity index (χ1) is 13.0. The molecule has 4 aliphatic carbocycles. The van der Waals surface area contributed by atoms with Gasteiger partial charge in [0.25, 0.3) is 0 Å². The molecule has 6 nitrogen and oxygen atoms in total. The maximum Gasteiger partial charge on any atom is 0.430 e. The Morgan fingerprint density at radius 2 is 2.11 bits per heavy atom. The number of hydrogen-bond acceptors (Lipinski definition) is 5. The lowest BCUT2D eigenvalue weighted by atomic mass is 9.57. The number of carbonyl (C=O) groups excluding carboxylic acids is 2. The molecule has 0 unspecified atom stereocenters. The maximum absolute atomic E-state index is 11.7. The van der Waals surface area contributed by atoms with E-state index >= 15 is 0 Å². The smallest absolute Gasteiger partial charge is 0.430 e. The zero-order chi connectivity index (χ0) is 19.0. The molecule has 0 heterocycles. The standard InChI is InChI=1S/C21H28N2O4/c1-13(24)26-19-9-8-18-17-7-6-14-4-2-3-5-15(14)16(17)10-11-21(18,19)12-23-27-20(22)25/h4,12,17-19H,2-3,5-11H2,1H3,(H2,22,25)/t17-,18+,19+,21-/m1/s1. The molecule has 0 aromatic heterocycles. The quantitative estimate of drug-likeness (QED) is 0.351. The van der Waals surface area contributed by atoms with Crippen LogP contribution in [0, 0.1) is 17.3 Å². The zero-order valence-electron chi connectivity index (χ0n) is 15.9. The number of ether oxygens (including phenoxy) is 1. The molecule has 4 atom stereocenters. The van der Waals surface area contributed by atoms with Gasteiger partial charge >= 0.3 is 12.1 Å². The molecule has 0 radical (unpaired) electrons. The van der Waals surface area contributed by atoms with Crippen molar-refractivity contribution in [1.82, 2.24) is 0 Å². The van der Waals surface area contributed by atoms with Crippen molar-refractivity contribution in [2.45, 2.75) is 70.8 Å². The Hall–Kier alpha value is -2.11. The minimum atomic E-state index is -0.922. The summed E-state index contributed by atoms with van der Waals surface area (Å²) < 4.78 is 5.70. The topological polar surface area (TPSA) is 91.0 Å². The minimum Gasteiger partial charge on any atom is -0.462 e. The third-order valence-corrected chi connectivity index (χ3v) is 7.06. The molecule has 2 N–H and O–H groups in total. The van der Waals surface area contributed by atoms with Crippen molar-refractivity contribution >= 4 is 18.3 Å². The van der Waals surface area contributed by atoms with Gasteiger partial charge in [-0.2, -0.15) is 0 Å². The molecule has 0 saturated heterocycles. The van der Waals surface area contributed by atoms with E-state index in [4.69, 9.17) is 10.5 Å². The van der Waals surface area contributed by atoms with Crippen LogP contribution in [-0.4, -0.2) is 24.4 Å². The highest BCUT2D eigenvalue weighted by atomic mass is 16.7. The van der Waals surface area contributed by atoms with Gasteiger partial charge in [0.15, 0.2) is 0 Å². The van der Waals surface area contributed by atoms with Crippen LogP contribution in [0.2, 0.25) is 0 Å². The normalized spacial score (nSPS) is 35.1. The molecule has 0 aromatic carbocycles.